The molecule has 0 saturated heterocycles. The molecule has 6 nitrogen and oxygen atoms in total. The van der Waals surface area contributed by atoms with Crippen LogP contribution in [0, 0.1) is 5.92 Å². The van der Waals surface area contributed by atoms with Gasteiger partial charge in [-0.1, -0.05) is 37.3 Å². The lowest BCUT2D eigenvalue weighted by Crippen LogP contribution is -2.27. The summed E-state index contributed by atoms with van der Waals surface area (Å²) < 4.78 is 5.05. The van der Waals surface area contributed by atoms with Crippen molar-refractivity contribution in [1.82, 2.24) is 0 Å². The van der Waals surface area contributed by atoms with Crippen LogP contribution >= 0.6 is 0 Å². The third kappa shape index (κ3) is 6.18. The average molecular weight is 294 g/mol. The SMILES string of the molecule is C[C@H](CC(=O)OCc1ccccc1)[C@@H](O)CC(=O)C(=O)O. The summed E-state index contributed by atoms with van der Waals surface area (Å²) in [5.41, 5.74) is 0.847. The summed E-state index contributed by atoms with van der Waals surface area (Å²) in [6, 6.07) is 9.14. The molecule has 0 heterocycles. The van der Waals surface area contributed by atoms with Crippen LogP contribution in [0.25, 0.3) is 0 Å². The van der Waals surface area contributed by atoms with E-state index in [1.165, 1.54) is 0 Å². The molecule has 0 aliphatic rings. The van der Waals surface area contributed by atoms with Crippen LogP contribution in [0.15, 0.2) is 30.3 Å². The van der Waals surface area contributed by atoms with Gasteiger partial charge in [-0.3, -0.25) is 9.59 Å². The maximum Gasteiger partial charge on any atom is 0.372 e. The molecule has 0 fully saturated rings. The average Bonchev–Trinajstić information content (AvgIpc) is 2.45. The summed E-state index contributed by atoms with van der Waals surface area (Å²) >= 11 is 0. The first-order valence-corrected chi connectivity index (χ1v) is 6.54. The second kappa shape index (κ2) is 8.16. The van der Waals surface area contributed by atoms with Crippen LogP contribution in [0.1, 0.15) is 25.3 Å². The van der Waals surface area contributed by atoms with Crippen molar-refractivity contribution < 1.29 is 29.3 Å². The van der Waals surface area contributed by atoms with Crippen molar-refractivity contribution in [3.05, 3.63) is 35.9 Å². The number of carbonyl (C=O) groups excluding carboxylic acids is 2. The zero-order valence-electron chi connectivity index (χ0n) is 11.7. The van der Waals surface area contributed by atoms with Gasteiger partial charge in [0.1, 0.15) is 6.61 Å². The monoisotopic (exact) mass is 294 g/mol. The number of benzene rings is 1. The van der Waals surface area contributed by atoms with Crippen molar-refractivity contribution in [2.75, 3.05) is 0 Å². The first-order valence-electron chi connectivity index (χ1n) is 6.54. The van der Waals surface area contributed by atoms with E-state index in [0.717, 1.165) is 5.56 Å². The summed E-state index contributed by atoms with van der Waals surface area (Å²) in [7, 11) is 0. The van der Waals surface area contributed by atoms with Crippen LogP contribution in [-0.2, 0) is 25.7 Å². The quantitative estimate of drug-likeness (QED) is 0.551. The molecule has 0 radical (unpaired) electrons. The molecular formula is C15H18O6. The summed E-state index contributed by atoms with van der Waals surface area (Å²) in [5.74, 6) is -3.73. The van der Waals surface area contributed by atoms with E-state index in [1.807, 2.05) is 30.3 Å². The van der Waals surface area contributed by atoms with Gasteiger partial charge in [0.05, 0.1) is 12.5 Å². The van der Waals surface area contributed by atoms with Gasteiger partial charge in [0.25, 0.3) is 0 Å². The number of aliphatic hydroxyl groups is 1. The molecule has 0 bridgehead atoms. The number of esters is 1. The number of ketones is 1. The Labute approximate surface area is 122 Å². The van der Waals surface area contributed by atoms with Gasteiger partial charge in [-0.05, 0) is 11.5 Å². The normalized spacial score (nSPS) is 13.2. The number of aliphatic carboxylic acids is 1. The maximum absolute atomic E-state index is 11.6. The molecule has 2 N–H and O–H groups in total. The Morgan fingerprint density at radius 2 is 1.76 bits per heavy atom. The number of Topliss-reactive ketones (excluding diaryl/α,β-unsaturated/α-hetero) is 1. The highest BCUT2D eigenvalue weighted by Crippen LogP contribution is 2.13. The van der Waals surface area contributed by atoms with Crippen molar-refractivity contribution in [2.24, 2.45) is 5.92 Å². The zero-order valence-corrected chi connectivity index (χ0v) is 11.7. The van der Waals surface area contributed by atoms with E-state index in [9.17, 15) is 19.5 Å². The summed E-state index contributed by atoms with van der Waals surface area (Å²) in [6.07, 6.45) is -1.78. The van der Waals surface area contributed by atoms with Crippen LogP contribution in [0.5, 0.6) is 0 Å². The number of carbonyl (C=O) groups is 3. The van der Waals surface area contributed by atoms with E-state index in [2.05, 4.69) is 0 Å². The third-order valence-corrected chi connectivity index (χ3v) is 3.02. The van der Waals surface area contributed by atoms with Gasteiger partial charge >= 0.3 is 11.9 Å². The van der Waals surface area contributed by atoms with E-state index in [4.69, 9.17) is 9.84 Å². The summed E-state index contributed by atoms with van der Waals surface area (Å²) in [4.78, 5) is 33.0. The lowest BCUT2D eigenvalue weighted by Gasteiger charge is -2.16. The van der Waals surface area contributed by atoms with Gasteiger partial charge < -0.3 is 14.9 Å². The van der Waals surface area contributed by atoms with E-state index < -0.39 is 36.2 Å². The topological polar surface area (TPSA) is 101 Å². The number of ether oxygens (including phenoxy) is 1. The zero-order chi connectivity index (χ0) is 15.8. The molecule has 0 aromatic heterocycles. The Kier molecular flexibility index (Phi) is 6.55. The number of aliphatic hydroxyl groups excluding tert-OH is 1. The van der Waals surface area contributed by atoms with Crippen LogP contribution < -0.4 is 0 Å². The van der Waals surface area contributed by atoms with Crippen molar-refractivity contribution in [1.29, 1.82) is 0 Å². The van der Waals surface area contributed by atoms with Gasteiger partial charge in [-0.15, -0.1) is 0 Å². The minimum atomic E-state index is -1.59. The molecule has 1 aromatic rings. The largest absolute Gasteiger partial charge is 0.475 e. The Hall–Kier alpha value is -2.21. The number of rotatable bonds is 8. The minimum Gasteiger partial charge on any atom is -0.475 e. The first-order chi connectivity index (χ1) is 9.90. The highest BCUT2D eigenvalue weighted by atomic mass is 16.5. The van der Waals surface area contributed by atoms with Crippen LogP contribution in [0.4, 0.5) is 0 Å². The highest BCUT2D eigenvalue weighted by molar-refractivity contribution is 6.32. The van der Waals surface area contributed by atoms with E-state index in [1.54, 1.807) is 6.92 Å². The summed E-state index contributed by atoms with van der Waals surface area (Å²) in [6.45, 7) is 1.69. The van der Waals surface area contributed by atoms with Crippen molar-refractivity contribution >= 4 is 17.7 Å². The Balaban J connectivity index is 2.36. The second-order valence-corrected chi connectivity index (χ2v) is 4.83. The molecule has 21 heavy (non-hydrogen) atoms. The lowest BCUT2D eigenvalue weighted by molar-refractivity contribution is -0.151. The van der Waals surface area contributed by atoms with Gasteiger partial charge in [-0.25, -0.2) is 4.79 Å². The van der Waals surface area contributed by atoms with E-state index in [-0.39, 0.29) is 13.0 Å². The molecule has 0 saturated carbocycles. The minimum absolute atomic E-state index is 0.0824. The van der Waals surface area contributed by atoms with Gasteiger partial charge in [0, 0.05) is 6.42 Å². The predicted octanol–water partition coefficient (Wildman–Crippen LogP) is 1.16. The second-order valence-electron chi connectivity index (χ2n) is 4.83. The van der Waals surface area contributed by atoms with Crippen molar-refractivity contribution in [3.63, 3.8) is 0 Å². The molecule has 1 aromatic carbocycles. The fourth-order valence-corrected chi connectivity index (χ4v) is 1.67. The lowest BCUT2D eigenvalue weighted by atomic mass is 9.97. The molecule has 0 amide bonds. The van der Waals surface area contributed by atoms with E-state index in [0.29, 0.717) is 0 Å². The van der Waals surface area contributed by atoms with Crippen molar-refractivity contribution in [2.45, 2.75) is 32.5 Å². The van der Waals surface area contributed by atoms with Crippen molar-refractivity contribution in [3.8, 4) is 0 Å². The Morgan fingerprint density at radius 3 is 2.33 bits per heavy atom. The van der Waals surface area contributed by atoms with Crippen LogP contribution in [0.3, 0.4) is 0 Å². The Morgan fingerprint density at radius 1 is 1.14 bits per heavy atom. The van der Waals surface area contributed by atoms with Gasteiger partial charge in [-0.2, -0.15) is 0 Å². The molecule has 6 heteroatoms. The smallest absolute Gasteiger partial charge is 0.372 e. The number of hydrogen-bond acceptors (Lipinski definition) is 5. The number of carboxylic acids is 1. The molecular weight excluding hydrogens is 276 g/mol. The highest BCUT2D eigenvalue weighted by Gasteiger charge is 2.24. The molecule has 114 valence electrons. The molecule has 1 rings (SSSR count). The standard InChI is InChI=1S/C15H18O6/c1-10(12(16)8-13(17)15(19)20)7-14(18)21-9-11-5-3-2-4-6-11/h2-6,10,12,16H,7-9H2,1H3,(H,19,20)/t10-,12+/m1/s1. The molecule has 0 aliphatic heterocycles. The maximum atomic E-state index is 11.6. The predicted molar refractivity (Wildman–Crippen MR) is 73.3 cm³/mol. The molecule has 2 atom stereocenters. The number of hydrogen-bond donors (Lipinski definition) is 2. The fraction of sp³-hybridized carbons (Fsp3) is 0.400. The third-order valence-electron chi connectivity index (χ3n) is 3.02. The molecule has 0 aliphatic carbocycles. The van der Waals surface area contributed by atoms with Crippen LogP contribution in [0.2, 0.25) is 0 Å². The van der Waals surface area contributed by atoms with Gasteiger partial charge in [0.2, 0.25) is 5.78 Å². The Bertz CT molecular complexity index is 496. The first kappa shape index (κ1) is 16.8. The number of carboxylic acid groups (broad SMARTS) is 1. The van der Waals surface area contributed by atoms with Gasteiger partial charge in [0.15, 0.2) is 0 Å². The fourth-order valence-electron chi connectivity index (χ4n) is 1.67. The summed E-state index contributed by atoms with van der Waals surface area (Å²) in [5, 5.41) is 18.1. The molecule has 0 unspecified atom stereocenters. The molecule has 0 spiro atoms. The van der Waals surface area contributed by atoms with Crippen LogP contribution in [-0.4, -0.2) is 34.0 Å². The van der Waals surface area contributed by atoms with E-state index >= 15 is 0 Å².